The van der Waals surface area contributed by atoms with Gasteiger partial charge in [-0.2, -0.15) is 0 Å². The maximum Gasteiger partial charge on any atom is 0.0702 e. The van der Waals surface area contributed by atoms with Crippen molar-refractivity contribution in [1.29, 1.82) is 0 Å². The third-order valence-corrected chi connectivity index (χ3v) is 3.66. The molecule has 1 aliphatic heterocycles. The van der Waals surface area contributed by atoms with Gasteiger partial charge in [-0.15, -0.1) is 0 Å². The highest BCUT2D eigenvalue weighted by Gasteiger charge is 2.15. The number of nitrogens with one attached hydrogen (secondary N) is 1. The van der Waals surface area contributed by atoms with Crippen LogP contribution in [0.4, 0.5) is 0 Å². The predicted molar refractivity (Wildman–Crippen MR) is 74.7 cm³/mol. The van der Waals surface area contributed by atoms with Crippen LogP contribution in [0, 0.1) is 0 Å². The van der Waals surface area contributed by atoms with Crippen molar-refractivity contribution in [2.45, 2.75) is 19.3 Å². The highest BCUT2D eigenvalue weighted by molar-refractivity contribution is 5.61. The molecule has 0 amide bonds. The molecule has 0 aliphatic carbocycles. The number of hydrogen-bond donors (Lipinski definition) is 1. The first-order valence-corrected chi connectivity index (χ1v) is 6.59. The molecule has 2 heterocycles. The van der Waals surface area contributed by atoms with Crippen molar-refractivity contribution < 1.29 is 0 Å². The van der Waals surface area contributed by atoms with Crippen LogP contribution in [0.2, 0.25) is 0 Å². The maximum absolute atomic E-state index is 4.43. The summed E-state index contributed by atoms with van der Waals surface area (Å²) in [6.07, 6.45) is 2.98. The van der Waals surface area contributed by atoms with Crippen LogP contribution in [0.1, 0.15) is 24.0 Å². The Bertz CT molecular complexity index is 534. The summed E-state index contributed by atoms with van der Waals surface area (Å²) in [5.74, 6) is 0.575. The van der Waals surface area contributed by atoms with Gasteiger partial charge >= 0.3 is 0 Å². The summed E-state index contributed by atoms with van der Waals surface area (Å²) in [4.78, 5) is 4.43. The van der Waals surface area contributed by atoms with Gasteiger partial charge in [-0.3, -0.25) is 4.98 Å². The standard InChI is InChI=1S/C16H18N2/c1-12-11-17-9-7-13-5-6-14(10-15(12)13)16-4-2-3-8-18-16/h2-6,8,10,12,17H,7,9,11H2,1H3. The number of pyridine rings is 1. The minimum atomic E-state index is 0.575. The molecule has 1 unspecified atom stereocenters. The zero-order chi connectivity index (χ0) is 12.4. The van der Waals surface area contributed by atoms with E-state index in [1.165, 1.54) is 16.7 Å². The molecule has 0 saturated carbocycles. The number of fused-ring (bicyclic) bond motifs is 1. The van der Waals surface area contributed by atoms with Crippen molar-refractivity contribution in [3.8, 4) is 11.3 Å². The lowest BCUT2D eigenvalue weighted by Crippen LogP contribution is -2.18. The fourth-order valence-corrected chi connectivity index (χ4v) is 2.63. The van der Waals surface area contributed by atoms with E-state index in [1.807, 2.05) is 18.3 Å². The number of hydrogen-bond acceptors (Lipinski definition) is 2. The van der Waals surface area contributed by atoms with Gasteiger partial charge in [0, 0.05) is 18.3 Å². The lowest BCUT2D eigenvalue weighted by molar-refractivity contribution is 0.644. The monoisotopic (exact) mass is 238 g/mol. The minimum Gasteiger partial charge on any atom is -0.316 e. The van der Waals surface area contributed by atoms with Crippen molar-refractivity contribution in [3.05, 3.63) is 53.7 Å². The van der Waals surface area contributed by atoms with Crippen molar-refractivity contribution in [2.24, 2.45) is 0 Å². The van der Waals surface area contributed by atoms with E-state index in [9.17, 15) is 0 Å². The molecule has 1 atom stereocenters. The molecule has 2 heteroatoms. The van der Waals surface area contributed by atoms with Gasteiger partial charge < -0.3 is 5.32 Å². The first-order valence-electron chi connectivity index (χ1n) is 6.59. The van der Waals surface area contributed by atoms with Crippen LogP contribution < -0.4 is 5.32 Å². The third kappa shape index (κ3) is 2.16. The normalized spacial score (nSPS) is 19.1. The Hall–Kier alpha value is -1.67. The molecule has 1 N–H and O–H groups in total. The van der Waals surface area contributed by atoms with Crippen LogP contribution in [-0.2, 0) is 6.42 Å². The van der Waals surface area contributed by atoms with Crippen molar-refractivity contribution >= 4 is 0 Å². The van der Waals surface area contributed by atoms with Gasteiger partial charge in [0.05, 0.1) is 5.69 Å². The van der Waals surface area contributed by atoms with Gasteiger partial charge in [0.25, 0.3) is 0 Å². The molecular formula is C16H18N2. The molecule has 3 rings (SSSR count). The topological polar surface area (TPSA) is 24.9 Å². The number of benzene rings is 1. The lowest BCUT2D eigenvalue weighted by Gasteiger charge is -2.13. The summed E-state index contributed by atoms with van der Waals surface area (Å²) in [6, 6.07) is 12.8. The van der Waals surface area contributed by atoms with Gasteiger partial charge in [-0.1, -0.05) is 25.1 Å². The van der Waals surface area contributed by atoms with Crippen LogP contribution >= 0.6 is 0 Å². The Kier molecular flexibility index (Phi) is 3.11. The second kappa shape index (κ2) is 4.91. The van der Waals surface area contributed by atoms with Crippen LogP contribution in [0.15, 0.2) is 42.6 Å². The number of rotatable bonds is 1. The van der Waals surface area contributed by atoms with E-state index in [0.717, 1.165) is 25.2 Å². The molecule has 1 aromatic carbocycles. The average molecular weight is 238 g/mol. The molecule has 0 radical (unpaired) electrons. The predicted octanol–water partition coefficient (Wildman–Crippen LogP) is 3.00. The average Bonchev–Trinajstić information content (AvgIpc) is 2.62. The summed E-state index contributed by atoms with van der Waals surface area (Å²) in [5, 5.41) is 3.49. The molecule has 2 aromatic rings. The second-order valence-corrected chi connectivity index (χ2v) is 4.98. The smallest absolute Gasteiger partial charge is 0.0702 e. The third-order valence-electron chi connectivity index (χ3n) is 3.66. The highest BCUT2D eigenvalue weighted by atomic mass is 14.9. The van der Waals surface area contributed by atoms with Gasteiger partial charge in [-0.25, -0.2) is 0 Å². The number of aromatic nitrogens is 1. The Balaban J connectivity index is 2.04. The van der Waals surface area contributed by atoms with E-state index >= 15 is 0 Å². The Morgan fingerprint density at radius 1 is 1.22 bits per heavy atom. The Labute approximate surface area is 108 Å². The molecule has 0 spiro atoms. The largest absolute Gasteiger partial charge is 0.316 e. The maximum atomic E-state index is 4.43. The Morgan fingerprint density at radius 2 is 2.17 bits per heavy atom. The van der Waals surface area contributed by atoms with Crippen LogP contribution in [0.5, 0.6) is 0 Å². The van der Waals surface area contributed by atoms with Gasteiger partial charge in [0.1, 0.15) is 0 Å². The molecule has 18 heavy (non-hydrogen) atoms. The minimum absolute atomic E-state index is 0.575. The zero-order valence-electron chi connectivity index (χ0n) is 10.7. The molecule has 1 aliphatic rings. The van der Waals surface area contributed by atoms with E-state index in [-0.39, 0.29) is 0 Å². The summed E-state index contributed by atoms with van der Waals surface area (Å²) < 4.78 is 0. The van der Waals surface area contributed by atoms with Crippen LogP contribution in [0.25, 0.3) is 11.3 Å². The summed E-state index contributed by atoms with van der Waals surface area (Å²) >= 11 is 0. The van der Waals surface area contributed by atoms with E-state index in [2.05, 4.69) is 41.5 Å². The zero-order valence-corrected chi connectivity index (χ0v) is 10.7. The molecule has 0 bridgehead atoms. The second-order valence-electron chi connectivity index (χ2n) is 4.98. The van der Waals surface area contributed by atoms with E-state index in [0.29, 0.717) is 5.92 Å². The van der Waals surface area contributed by atoms with Crippen LogP contribution in [0.3, 0.4) is 0 Å². The van der Waals surface area contributed by atoms with E-state index < -0.39 is 0 Å². The summed E-state index contributed by atoms with van der Waals surface area (Å²) in [6.45, 7) is 4.44. The van der Waals surface area contributed by atoms with Crippen LogP contribution in [-0.4, -0.2) is 18.1 Å². The molecule has 0 saturated heterocycles. The van der Waals surface area contributed by atoms with Crippen molar-refractivity contribution in [1.82, 2.24) is 10.3 Å². The molecule has 0 fully saturated rings. The van der Waals surface area contributed by atoms with E-state index in [1.54, 1.807) is 0 Å². The van der Waals surface area contributed by atoms with Gasteiger partial charge in [0.2, 0.25) is 0 Å². The first-order chi connectivity index (χ1) is 8.84. The number of nitrogens with zero attached hydrogens (tertiary/aromatic N) is 1. The molecule has 92 valence electrons. The molecule has 1 aromatic heterocycles. The highest BCUT2D eigenvalue weighted by Crippen LogP contribution is 2.27. The van der Waals surface area contributed by atoms with Crippen molar-refractivity contribution in [2.75, 3.05) is 13.1 Å². The van der Waals surface area contributed by atoms with Gasteiger partial charge in [-0.05, 0) is 48.2 Å². The van der Waals surface area contributed by atoms with Gasteiger partial charge in [0.15, 0.2) is 0 Å². The summed E-state index contributed by atoms with van der Waals surface area (Å²) in [7, 11) is 0. The fourth-order valence-electron chi connectivity index (χ4n) is 2.63. The molecule has 2 nitrogen and oxygen atoms in total. The molecular weight excluding hydrogens is 220 g/mol. The SMILES string of the molecule is CC1CNCCc2ccc(-c3ccccn3)cc21. The lowest BCUT2D eigenvalue weighted by atomic mass is 9.92. The summed E-state index contributed by atoms with van der Waals surface area (Å²) in [5.41, 5.74) is 5.24. The Morgan fingerprint density at radius 3 is 3.00 bits per heavy atom. The fraction of sp³-hybridized carbons (Fsp3) is 0.312. The first kappa shape index (κ1) is 11.4. The van der Waals surface area contributed by atoms with E-state index in [4.69, 9.17) is 0 Å². The van der Waals surface area contributed by atoms with Crippen molar-refractivity contribution in [3.63, 3.8) is 0 Å². The quantitative estimate of drug-likeness (QED) is 0.826.